The van der Waals surface area contributed by atoms with Crippen molar-refractivity contribution in [3.63, 3.8) is 0 Å². The van der Waals surface area contributed by atoms with Crippen LogP contribution < -0.4 is 0 Å². The zero-order valence-corrected chi connectivity index (χ0v) is 11.1. The molecule has 0 aromatic carbocycles. The Hall–Kier alpha value is -0.700. The Morgan fingerprint density at radius 2 is 1.89 bits per heavy atom. The van der Waals surface area contributed by atoms with Crippen molar-refractivity contribution in [2.75, 3.05) is 12.0 Å². The van der Waals surface area contributed by atoms with Crippen LogP contribution in [0, 0.1) is 0 Å². The standard InChI is InChI=1S/C10H20O7S/c1-18(15,16)6-2-3-9(17-14)5-4-8(11)7-10(12)13/h8-9,11,14H,2-7H2,1H3,(H,12,13). The number of aliphatic carboxylic acids is 1. The predicted molar refractivity (Wildman–Crippen MR) is 63.9 cm³/mol. The van der Waals surface area contributed by atoms with Gasteiger partial charge in [0.1, 0.15) is 9.84 Å². The smallest absolute Gasteiger partial charge is 0.305 e. The van der Waals surface area contributed by atoms with Gasteiger partial charge in [-0.3, -0.25) is 10.1 Å². The molecule has 0 heterocycles. The number of hydrogen-bond donors (Lipinski definition) is 3. The van der Waals surface area contributed by atoms with Gasteiger partial charge in [-0.05, 0) is 25.7 Å². The van der Waals surface area contributed by atoms with Crippen LogP contribution in [0.15, 0.2) is 0 Å². The zero-order chi connectivity index (χ0) is 14.2. The lowest BCUT2D eigenvalue weighted by atomic mass is 10.0. The quantitative estimate of drug-likeness (QED) is 0.389. The molecule has 0 fully saturated rings. The Kier molecular flexibility index (Phi) is 8.08. The first-order valence-corrected chi connectivity index (χ1v) is 7.68. The van der Waals surface area contributed by atoms with Crippen molar-refractivity contribution >= 4 is 15.8 Å². The van der Waals surface area contributed by atoms with Crippen molar-refractivity contribution in [1.82, 2.24) is 0 Å². The van der Waals surface area contributed by atoms with E-state index in [0.717, 1.165) is 6.26 Å². The number of sulfone groups is 1. The fourth-order valence-electron chi connectivity index (χ4n) is 1.50. The van der Waals surface area contributed by atoms with Crippen molar-refractivity contribution in [3.05, 3.63) is 0 Å². The van der Waals surface area contributed by atoms with Gasteiger partial charge in [0.15, 0.2) is 0 Å². The Morgan fingerprint density at radius 3 is 2.33 bits per heavy atom. The topological polar surface area (TPSA) is 121 Å². The minimum Gasteiger partial charge on any atom is -0.481 e. The van der Waals surface area contributed by atoms with Crippen LogP contribution in [0.3, 0.4) is 0 Å². The third kappa shape index (κ3) is 10.5. The molecule has 3 N–H and O–H groups in total. The number of hydrogen-bond acceptors (Lipinski definition) is 6. The van der Waals surface area contributed by atoms with Crippen molar-refractivity contribution in [2.24, 2.45) is 0 Å². The van der Waals surface area contributed by atoms with Crippen LogP contribution in [0.25, 0.3) is 0 Å². The van der Waals surface area contributed by atoms with Crippen LogP contribution >= 0.6 is 0 Å². The second-order valence-corrected chi connectivity index (χ2v) is 6.59. The molecule has 0 radical (unpaired) electrons. The molecule has 0 saturated heterocycles. The minimum atomic E-state index is -3.04. The van der Waals surface area contributed by atoms with E-state index in [9.17, 15) is 18.3 Å². The Balaban J connectivity index is 3.86. The third-order valence-electron chi connectivity index (χ3n) is 2.42. The summed E-state index contributed by atoms with van der Waals surface area (Å²) in [4.78, 5) is 14.5. The molecule has 0 spiro atoms. The summed E-state index contributed by atoms with van der Waals surface area (Å²) in [6.07, 6.45) is 0.318. The van der Waals surface area contributed by atoms with E-state index < -0.39 is 28.0 Å². The van der Waals surface area contributed by atoms with Crippen LogP contribution in [-0.4, -0.2) is 54.1 Å². The third-order valence-corrected chi connectivity index (χ3v) is 3.45. The van der Waals surface area contributed by atoms with Crippen LogP contribution in [-0.2, 0) is 19.5 Å². The van der Waals surface area contributed by atoms with Gasteiger partial charge >= 0.3 is 5.97 Å². The molecular weight excluding hydrogens is 264 g/mol. The van der Waals surface area contributed by atoms with E-state index in [1.807, 2.05) is 0 Å². The van der Waals surface area contributed by atoms with Gasteiger partial charge in [0.25, 0.3) is 0 Å². The average molecular weight is 284 g/mol. The van der Waals surface area contributed by atoms with Crippen LogP contribution in [0.1, 0.15) is 32.1 Å². The monoisotopic (exact) mass is 284 g/mol. The van der Waals surface area contributed by atoms with Gasteiger partial charge in [-0.2, -0.15) is 0 Å². The van der Waals surface area contributed by atoms with E-state index >= 15 is 0 Å². The van der Waals surface area contributed by atoms with Crippen molar-refractivity contribution in [3.8, 4) is 0 Å². The molecule has 2 atom stereocenters. The maximum absolute atomic E-state index is 10.9. The Bertz CT molecular complexity index is 338. The summed E-state index contributed by atoms with van der Waals surface area (Å²) in [5, 5.41) is 26.3. The summed E-state index contributed by atoms with van der Waals surface area (Å²) in [5.41, 5.74) is 0. The van der Waals surface area contributed by atoms with E-state index in [1.54, 1.807) is 0 Å². The number of carboxylic acid groups (broad SMARTS) is 1. The second kappa shape index (κ2) is 8.41. The molecule has 0 aromatic rings. The normalized spacial score (nSPS) is 15.3. The number of carboxylic acids is 1. The molecule has 18 heavy (non-hydrogen) atoms. The number of rotatable bonds is 10. The summed E-state index contributed by atoms with van der Waals surface area (Å²) in [6, 6.07) is 0. The van der Waals surface area contributed by atoms with E-state index in [1.165, 1.54) is 0 Å². The first-order chi connectivity index (χ1) is 8.24. The zero-order valence-electron chi connectivity index (χ0n) is 10.3. The average Bonchev–Trinajstić information content (AvgIpc) is 2.20. The van der Waals surface area contributed by atoms with Gasteiger partial charge < -0.3 is 10.2 Å². The Morgan fingerprint density at radius 1 is 1.28 bits per heavy atom. The highest BCUT2D eigenvalue weighted by Gasteiger charge is 2.15. The van der Waals surface area contributed by atoms with Gasteiger partial charge in [-0.1, -0.05) is 0 Å². The van der Waals surface area contributed by atoms with E-state index in [-0.39, 0.29) is 25.0 Å². The highest BCUT2D eigenvalue weighted by Crippen LogP contribution is 2.12. The lowest BCUT2D eigenvalue weighted by molar-refractivity contribution is -0.281. The molecule has 8 heteroatoms. The van der Waals surface area contributed by atoms with Crippen LogP contribution in [0.4, 0.5) is 0 Å². The summed E-state index contributed by atoms with van der Waals surface area (Å²) < 4.78 is 21.8. The molecule has 0 saturated carbocycles. The largest absolute Gasteiger partial charge is 0.481 e. The lowest BCUT2D eigenvalue weighted by Crippen LogP contribution is -2.19. The molecular formula is C10H20O7S. The highest BCUT2D eigenvalue weighted by molar-refractivity contribution is 7.90. The van der Waals surface area contributed by atoms with Crippen molar-refractivity contribution < 1.29 is 33.6 Å². The summed E-state index contributed by atoms with van der Waals surface area (Å²) in [6.45, 7) is 0. The van der Waals surface area contributed by atoms with E-state index in [2.05, 4.69) is 4.89 Å². The van der Waals surface area contributed by atoms with Gasteiger partial charge in [0.2, 0.25) is 0 Å². The molecule has 0 rings (SSSR count). The van der Waals surface area contributed by atoms with Crippen LogP contribution in [0.5, 0.6) is 0 Å². The molecule has 0 aliphatic carbocycles. The fourth-order valence-corrected chi connectivity index (χ4v) is 2.20. The molecule has 0 aromatic heterocycles. The SMILES string of the molecule is CS(=O)(=O)CCCC(CCC(O)CC(=O)O)OO. The summed E-state index contributed by atoms with van der Waals surface area (Å²) in [7, 11) is -3.04. The summed E-state index contributed by atoms with van der Waals surface area (Å²) in [5.74, 6) is -1.09. The van der Waals surface area contributed by atoms with E-state index in [4.69, 9.17) is 10.4 Å². The number of aliphatic hydroxyl groups is 1. The first-order valence-electron chi connectivity index (χ1n) is 5.62. The lowest BCUT2D eigenvalue weighted by Gasteiger charge is -2.14. The van der Waals surface area contributed by atoms with E-state index in [0.29, 0.717) is 12.8 Å². The van der Waals surface area contributed by atoms with Crippen molar-refractivity contribution in [2.45, 2.75) is 44.3 Å². The number of aliphatic hydroxyl groups excluding tert-OH is 1. The van der Waals surface area contributed by atoms with Gasteiger partial charge in [-0.15, -0.1) is 0 Å². The highest BCUT2D eigenvalue weighted by atomic mass is 32.2. The predicted octanol–water partition coefficient (Wildman–Crippen LogP) is 0.285. The minimum absolute atomic E-state index is 0.00450. The van der Waals surface area contributed by atoms with Crippen molar-refractivity contribution in [1.29, 1.82) is 0 Å². The number of carbonyl (C=O) groups is 1. The fraction of sp³-hybridized carbons (Fsp3) is 0.900. The second-order valence-electron chi connectivity index (χ2n) is 4.33. The van der Waals surface area contributed by atoms with Gasteiger partial charge in [-0.25, -0.2) is 13.3 Å². The molecule has 0 bridgehead atoms. The molecule has 0 amide bonds. The summed E-state index contributed by atoms with van der Waals surface area (Å²) >= 11 is 0. The Labute approximate surface area is 106 Å². The molecule has 0 aliphatic heterocycles. The van der Waals surface area contributed by atoms with Crippen LogP contribution in [0.2, 0.25) is 0 Å². The molecule has 0 aliphatic rings. The maximum atomic E-state index is 10.9. The van der Waals surface area contributed by atoms with Gasteiger partial charge in [0.05, 0.1) is 18.6 Å². The molecule has 7 nitrogen and oxygen atoms in total. The molecule has 2 unspecified atom stereocenters. The first kappa shape index (κ1) is 17.3. The molecule has 108 valence electrons. The maximum Gasteiger partial charge on any atom is 0.305 e. The van der Waals surface area contributed by atoms with Gasteiger partial charge in [0, 0.05) is 12.0 Å².